The van der Waals surface area contributed by atoms with Crippen molar-refractivity contribution in [2.75, 3.05) is 0 Å². The number of aryl methyl sites for hydroxylation is 1. The summed E-state index contributed by atoms with van der Waals surface area (Å²) in [5, 5.41) is 8.28. The lowest BCUT2D eigenvalue weighted by Crippen LogP contribution is -1.85. The van der Waals surface area contributed by atoms with Crippen LogP contribution in [-0.2, 0) is 0 Å². The Bertz CT molecular complexity index is 486. The Morgan fingerprint density at radius 1 is 1.12 bits per heavy atom. The van der Waals surface area contributed by atoms with E-state index in [1.807, 2.05) is 36.4 Å². The first kappa shape index (κ1) is 10.6. The summed E-state index contributed by atoms with van der Waals surface area (Å²) in [6.07, 6.45) is 6.02. The molecule has 0 fully saturated rings. The Morgan fingerprint density at radius 2 is 1.88 bits per heavy atom. The molecule has 1 aromatic rings. The van der Waals surface area contributed by atoms with E-state index >= 15 is 0 Å². The van der Waals surface area contributed by atoms with Crippen LogP contribution in [0.3, 0.4) is 0 Å². The van der Waals surface area contributed by atoms with Crippen LogP contribution in [0.5, 0.6) is 0 Å². The van der Waals surface area contributed by atoms with Crippen LogP contribution in [0.15, 0.2) is 64.2 Å². The Morgan fingerprint density at radius 3 is 2.50 bits per heavy atom. The van der Waals surface area contributed by atoms with Crippen molar-refractivity contribution in [2.45, 2.75) is 13.8 Å². The van der Waals surface area contributed by atoms with Crippen molar-refractivity contribution < 1.29 is 0 Å². The molecular weight excluding hydrogens is 196 g/mol. The van der Waals surface area contributed by atoms with E-state index in [1.165, 1.54) is 5.56 Å². The van der Waals surface area contributed by atoms with Crippen LogP contribution in [0, 0.1) is 12.8 Å². The number of allylic oxidation sites excluding steroid dienone is 2. The van der Waals surface area contributed by atoms with Crippen molar-refractivity contribution in [1.29, 1.82) is 0 Å². The second-order valence-electron chi connectivity index (χ2n) is 3.95. The fourth-order valence-electron chi connectivity index (χ4n) is 1.35. The van der Waals surface area contributed by atoms with E-state index in [-0.39, 0.29) is 0 Å². The normalized spacial score (nSPS) is 19.1. The smallest absolute Gasteiger partial charge is 0.127 e. The van der Waals surface area contributed by atoms with Gasteiger partial charge in [0.2, 0.25) is 0 Å². The van der Waals surface area contributed by atoms with Gasteiger partial charge in [0.1, 0.15) is 5.70 Å². The van der Waals surface area contributed by atoms with E-state index in [9.17, 15) is 0 Å². The number of hydrogen-bond donors (Lipinski definition) is 0. The van der Waals surface area contributed by atoms with Crippen LogP contribution in [-0.4, -0.2) is 0 Å². The molecule has 0 N–H and O–H groups in total. The molecule has 1 aliphatic carbocycles. The van der Waals surface area contributed by atoms with Crippen LogP contribution in [0.2, 0.25) is 0 Å². The Kier molecular flexibility index (Phi) is 3.13. The first-order valence-corrected chi connectivity index (χ1v) is 5.37. The Labute approximate surface area is 95.7 Å². The number of hydrogen-bond acceptors (Lipinski definition) is 2. The van der Waals surface area contributed by atoms with E-state index in [0.29, 0.717) is 5.92 Å². The first-order chi connectivity index (χ1) is 7.74. The molecule has 0 amide bonds. The summed E-state index contributed by atoms with van der Waals surface area (Å²) >= 11 is 0. The summed E-state index contributed by atoms with van der Waals surface area (Å²) in [7, 11) is 0. The zero-order valence-electron chi connectivity index (χ0n) is 9.51. The second kappa shape index (κ2) is 4.73. The van der Waals surface area contributed by atoms with Gasteiger partial charge in [-0.25, -0.2) is 0 Å². The molecular formula is C14H14N2. The minimum atomic E-state index is 0.443. The number of azo groups is 1. The maximum Gasteiger partial charge on any atom is 0.127 e. The van der Waals surface area contributed by atoms with Crippen molar-refractivity contribution in [3.63, 3.8) is 0 Å². The number of rotatable bonds is 2. The van der Waals surface area contributed by atoms with Gasteiger partial charge >= 0.3 is 0 Å². The van der Waals surface area contributed by atoms with Crippen LogP contribution in [0.25, 0.3) is 0 Å². The first-order valence-electron chi connectivity index (χ1n) is 5.37. The number of benzene rings is 1. The van der Waals surface area contributed by atoms with Gasteiger partial charge in [0.05, 0.1) is 5.69 Å². The van der Waals surface area contributed by atoms with Gasteiger partial charge in [-0.1, -0.05) is 36.4 Å². The van der Waals surface area contributed by atoms with Gasteiger partial charge in [-0.3, -0.25) is 0 Å². The molecule has 16 heavy (non-hydrogen) atoms. The Hall–Kier alpha value is -1.92. The monoisotopic (exact) mass is 210 g/mol. The lowest BCUT2D eigenvalue weighted by atomic mass is 10.1. The van der Waals surface area contributed by atoms with E-state index in [0.717, 1.165) is 11.4 Å². The highest BCUT2D eigenvalue weighted by Gasteiger charge is 1.97. The van der Waals surface area contributed by atoms with E-state index in [2.05, 4.69) is 35.9 Å². The summed E-state index contributed by atoms with van der Waals surface area (Å²) in [4.78, 5) is 0. The molecule has 1 atom stereocenters. The third-order valence-corrected chi connectivity index (χ3v) is 2.36. The lowest BCUT2D eigenvalue weighted by molar-refractivity contribution is 0.927. The molecule has 0 bridgehead atoms. The second-order valence-corrected chi connectivity index (χ2v) is 3.95. The summed E-state index contributed by atoms with van der Waals surface area (Å²) < 4.78 is 0. The van der Waals surface area contributed by atoms with Crippen molar-refractivity contribution in [1.82, 2.24) is 0 Å². The molecule has 1 aliphatic rings. The summed E-state index contributed by atoms with van der Waals surface area (Å²) in [5.41, 5.74) is 5.97. The third kappa shape index (κ3) is 2.78. The zero-order chi connectivity index (χ0) is 11.4. The summed E-state index contributed by atoms with van der Waals surface area (Å²) in [6, 6.07) is 7.96. The quantitative estimate of drug-likeness (QED) is 0.513. The molecule has 0 heterocycles. The molecule has 1 unspecified atom stereocenters. The summed E-state index contributed by atoms with van der Waals surface area (Å²) in [6.45, 7) is 4.16. The predicted molar refractivity (Wildman–Crippen MR) is 65.6 cm³/mol. The molecule has 0 saturated heterocycles. The van der Waals surface area contributed by atoms with Gasteiger partial charge in [-0.2, -0.15) is 0 Å². The average molecular weight is 210 g/mol. The molecule has 2 rings (SSSR count). The largest absolute Gasteiger partial charge is 0.150 e. The van der Waals surface area contributed by atoms with E-state index in [1.54, 1.807) is 0 Å². The van der Waals surface area contributed by atoms with Crippen LogP contribution >= 0.6 is 0 Å². The van der Waals surface area contributed by atoms with Gasteiger partial charge in [0.25, 0.3) is 0 Å². The minimum absolute atomic E-state index is 0.443. The lowest BCUT2D eigenvalue weighted by Gasteiger charge is -2.00. The standard InChI is InChI=1S/C14H14N2/c1-11-3-7-13(8-4-11)15-16-14-9-5-12(2)6-10-14/h3-9,12H,1-2H3. The van der Waals surface area contributed by atoms with Gasteiger partial charge in [-0.05, 0) is 37.1 Å². The molecule has 2 nitrogen and oxygen atoms in total. The molecule has 2 heteroatoms. The molecule has 0 aromatic heterocycles. The molecule has 1 aromatic carbocycles. The molecule has 80 valence electrons. The van der Waals surface area contributed by atoms with Crippen molar-refractivity contribution in [3.05, 3.63) is 59.5 Å². The van der Waals surface area contributed by atoms with Crippen LogP contribution in [0.4, 0.5) is 5.69 Å². The predicted octanol–water partition coefficient (Wildman–Crippen LogP) is 4.32. The minimum Gasteiger partial charge on any atom is -0.150 e. The maximum atomic E-state index is 4.15. The van der Waals surface area contributed by atoms with Gasteiger partial charge in [0, 0.05) is 0 Å². The molecule has 0 aliphatic heterocycles. The highest BCUT2D eigenvalue weighted by atomic mass is 15.1. The highest BCUT2D eigenvalue weighted by Crippen LogP contribution is 2.16. The van der Waals surface area contributed by atoms with Crippen LogP contribution in [0.1, 0.15) is 12.5 Å². The molecule has 0 radical (unpaired) electrons. The zero-order valence-corrected chi connectivity index (χ0v) is 9.51. The topological polar surface area (TPSA) is 24.7 Å². The van der Waals surface area contributed by atoms with Crippen molar-refractivity contribution >= 4 is 5.69 Å². The fourth-order valence-corrected chi connectivity index (χ4v) is 1.35. The van der Waals surface area contributed by atoms with Crippen molar-refractivity contribution in [2.24, 2.45) is 16.1 Å². The average Bonchev–Trinajstić information content (AvgIpc) is 2.30. The highest BCUT2D eigenvalue weighted by molar-refractivity contribution is 5.38. The SMILES string of the molecule is Cc1ccc(N=NC2=C=CC(C)C=C2)cc1. The fraction of sp³-hybridized carbons (Fsp3) is 0.214. The van der Waals surface area contributed by atoms with E-state index in [4.69, 9.17) is 0 Å². The molecule has 0 saturated carbocycles. The van der Waals surface area contributed by atoms with E-state index < -0.39 is 0 Å². The Balaban J connectivity index is 2.13. The van der Waals surface area contributed by atoms with Crippen LogP contribution < -0.4 is 0 Å². The van der Waals surface area contributed by atoms with Gasteiger partial charge in [-0.15, -0.1) is 10.2 Å². The molecule has 0 spiro atoms. The van der Waals surface area contributed by atoms with Gasteiger partial charge < -0.3 is 0 Å². The summed E-state index contributed by atoms with van der Waals surface area (Å²) in [5.74, 6) is 0.443. The van der Waals surface area contributed by atoms with Gasteiger partial charge in [0.15, 0.2) is 0 Å². The third-order valence-electron chi connectivity index (χ3n) is 2.36. The van der Waals surface area contributed by atoms with Crippen molar-refractivity contribution in [3.8, 4) is 0 Å². The maximum absolute atomic E-state index is 4.15. The number of nitrogens with zero attached hydrogens (tertiary/aromatic N) is 2.